The second kappa shape index (κ2) is 63.9. The number of carbonyl (C=O) groups is 2. The summed E-state index contributed by atoms with van der Waals surface area (Å²) in [6.45, 7) is 4.97. The molecule has 0 aliphatic rings. The molecule has 3 N–H and O–H groups in total. The first kappa shape index (κ1) is 72.3. The molecule has 0 heterocycles. The average molecular weight is 1040 g/mol. The third-order valence-electron chi connectivity index (χ3n) is 15.7. The molecule has 0 aromatic heterocycles. The number of carbonyl (C=O) groups excluding carboxylic acids is 2. The van der Waals surface area contributed by atoms with Crippen LogP contribution in [-0.2, 0) is 14.3 Å². The number of nitrogens with one attached hydrogen (secondary N) is 1. The Morgan fingerprint density at radius 1 is 0.365 bits per heavy atom. The molecule has 0 aromatic rings. The van der Waals surface area contributed by atoms with Crippen LogP contribution in [0.3, 0.4) is 0 Å². The number of allylic oxidation sites excluding steroid dienone is 4. The van der Waals surface area contributed by atoms with E-state index >= 15 is 0 Å². The van der Waals surface area contributed by atoms with Crippen LogP contribution in [-0.4, -0.2) is 47.4 Å². The largest absolute Gasteiger partial charge is 0.466 e. The molecule has 0 spiro atoms. The highest BCUT2D eigenvalue weighted by atomic mass is 16.5. The van der Waals surface area contributed by atoms with Crippen molar-refractivity contribution in [2.45, 2.75) is 386 Å². The summed E-state index contributed by atoms with van der Waals surface area (Å²) in [6, 6.07) is -0.546. The van der Waals surface area contributed by atoms with Crippen molar-refractivity contribution in [1.29, 1.82) is 0 Å². The fourth-order valence-electron chi connectivity index (χ4n) is 10.6. The normalized spacial score (nSPS) is 12.6. The Labute approximate surface area is 462 Å². The molecule has 0 aromatic carbocycles. The van der Waals surface area contributed by atoms with E-state index in [4.69, 9.17) is 4.74 Å². The Morgan fingerprint density at radius 2 is 0.635 bits per heavy atom. The minimum Gasteiger partial charge on any atom is -0.466 e. The van der Waals surface area contributed by atoms with Crippen molar-refractivity contribution in [2.75, 3.05) is 13.2 Å². The molecule has 0 fully saturated rings. The van der Waals surface area contributed by atoms with Crippen molar-refractivity contribution in [3.05, 3.63) is 24.3 Å². The Morgan fingerprint density at radius 3 is 0.959 bits per heavy atom. The zero-order chi connectivity index (χ0) is 53.6. The van der Waals surface area contributed by atoms with Crippen LogP contribution in [0.5, 0.6) is 0 Å². The molecule has 0 saturated heterocycles. The fraction of sp³-hybridized carbons (Fsp3) is 0.912. The maximum atomic E-state index is 12.5. The van der Waals surface area contributed by atoms with E-state index in [0.29, 0.717) is 25.9 Å². The van der Waals surface area contributed by atoms with Crippen molar-refractivity contribution in [2.24, 2.45) is 0 Å². The lowest BCUT2D eigenvalue weighted by Gasteiger charge is -2.22. The molecular weight excluding hydrogens is 911 g/mol. The van der Waals surface area contributed by atoms with Crippen molar-refractivity contribution < 1.29 is 24.5 Å². The van der Waals surface area contributed by atoms with Crippen LogP contribution in [0.2, 0.25) is 0 Å². The third kappa shape index (κ3) is 59.6. The number of amides is 1. The first-order chi connectivity index (χ1) is 36.5. The van der Waals surface area contributed by atoms with E-state index in [0.717, 1.165) is 44.9 Å². The van der Waals surface area contributed by atoms with Gasteiger partial charge >= 0.3 is 5.97 Å². The number of unbranched alkanes of at least 4 members (excludes halogenated alkanes) is 48. The Balaban J connectivity index is 3.40. The molecule has 0 saturated carbocycles. The number of hydrogen-bond acceptors (Lipinski definition) is 5. The lowest BCUT2D eigenvalue weighted by molar-refractivity contribution is -0.143. The molecule has 0 aliphatic heterocycles. The Hall–Kier alpha value is -1.66. The quantitative estimate of drug-likeness (QED) is 0.0320. The van der Waals surface area contributed by atoms with Crippen molar-refractivity contribution >= 4 is 11.9 Å². The number of hydrogen-bond donors (Lipinski definition) is 3. The Kier molecular flexibility index (Phi) is 62.4. The predicted molar refractivity (Wildman–Crippen MR) is 324 cm³/mol. The van der Waals surface area contributed by atoms with Gasteiger partial charge in [0.15, 0.2) is 0 Å². The lowest BCUT2D eigenvalue weighted by Crippen LogP contribution is -2.45. The van der Waals surface area contributed by atoms with Crippen molar-refractivity contribution in [3.63, 3.8) is 0 Å². The minimum absolute atomic E-state index is 0.00483. The van der Waals surface area contributed by atoms with Crippen LogP contribution >= 0.6 is 0 Å². The van der Waals surface area contributed by atoms with Gasteiger partial charge in [0.05, 0.1) is 25.4 Å². The summed E-state index contributed by atoms with van der Waals surface area (Å²) < 4.78 is 5.49. The standard InChI is InChI=1S/C68H131NO5/c1-3-5-7-9-11-13-15-17-19-21-29-32-36-40-44-48-52-56-60-66(71)65(64-70)69-67(72)61-57-53-49-45-41-37-33-30-27-25-23-22-24-26-28-31-35-39-43-47-51-55-59-63-74-68(73)62-58-54-50-46-42-38-34-20-18-16-14-12-10-8-6-4-2/h20,25,27,34,65-66,70-71H,3-19,21-24,26,28-33,35-64H2,1-2H3,(H,69,72)/b27-25-,34-20-. The van der Waals surface area contributed by atoms with E-state index < -0.39 is 12.1 Å². The smallest absolute Gasteiger partial charge is 0.305 e. The highest BCUT2D eigenvalue weighted by Crippen LogP contribution is 2.18. The van der Waals surface area contributed by atoms with Gasteiger partial charge in [-0.15, -0.1) is 0 Å². The SMILES string of the molecule is CCCCCCCCC/C=C\CCCCCCCC(=O)OCCCCCCCCCCCCCC/C=C\CCCCCCCCCC(=O)NC(CO)C(O)CCCCCCCCCCCCCCCCCCCC. The van der Waals surface area contributed by atoms with Crippen LogP contribution in [0, 0.1) is 0 Å². The summed E-state index contributed by atoms with van der Waals surface area (Å²) >= 11 is 0. The average Bonchev–Trinajstić information content (AvgIpc) is 3.40. The van der Waals surface area contributed by atoms with Crippen LogP contribution in [0.15, 0.2) is 24.3 Å². The summed E-state index contributed by atoms with van der Waals surface area (Å²) in [7, 11) is 0. The second-order valence-electron chi connectivity index (χ2n) is 23.1. The number of aliphatic hydroxyl groups is 2. The fourth-order valence-corrected chi connectivity index (χ4v) is 10.6. The summed E-state index contributed by atoms with van der Waals surface area (Å²) in [5.41, 5.74) is 0. The molecule has 6 nitrogen and oxygen atoms in total. The highest BCUT2D eigenvalue weighted by Gasteiger charge is 2.20. The zero-order valence-electron chi connectivity index (χ0n) is 50.1. The summed E-state index contributed by atoms with van der Waals surface area (Å²) in [6.07, 6.45) is 79.2. The van der Waals surface area contributed by atoms with Gasteiger partial charge in [-0.2, -0.15) is 0 Å². The predicted octanol–water partition coefficient (Wildman–Crippen LogP) is 21.4. The molecule has 0 aliphatic carbocycles. The molecule has 2 atom stereocenters. The molecule has 6 heteroatoms. The van der Waals surface area contributed by atoms with Crippen molar-refractivity contribution in [3.8, 4) is 0 Å². The van der Waals surface area contributed by atoms with E-state index in [9.17, 15) is 19.8 Å². The van der Waals surface area contributed by atoms with Gasteiger partial charge in [0.2, 0.25) is 5.91 Å². The summed E-state index contributed by atoms with van der Waals surface area (Å²) in [4.78, 5) is 24.6. The first-order valence-electron chi connectivity index (χ1n) is 33.6. The molecule has 2 unspecified atom stereocenters. The maximum Gasteiger partial charge on any atom is 0.305 e. The number of ether oxygens (including phenoxy) is 1. The number of aliphatic hydroxyl groups excluding tert-OH is 2. The van der Waals surface area contributed by atoms with Crippen LogP contribution < -0.4 is 5.32 Å². The van der Waals surface area contributed by atoms with Gasteiger partial charge in [-0.3, -0.25) is 9.59 Å². The monoisotopic (exact) mass is 1040 g/mol. The minimum atomic E-state index is -0.669. The number of esters is 1. The number of rotatable bonds is 63. The van der Waals surface area contributed by atoms with Crippen LogP contribution in [0.1, 0.15) is 373 Å². The van der Waals surface area contributed by atoms with Gasteiger partial charge in [0.1, 0.15) is 0 Å². The summed E-state index contributed by atoms with van der Waals surface area (Å²) in [5.74, 6) is -0.0333. The van der Waals surface area contributed by atoms with E-state index in [1.165, 1.54) is 295 Å². The van der Waals surface area contributed by atoms with Gasteiger partial charge in [0.25, 0.3) is 0 Å². The van der Waals surface area contributed by atoms with Gasteiger partial charge in [-0.1, -0.05) is 308 Å². The van der Waals surface area contributed by atoms with E-state index in [1.54, 1.807) is 0 Å². The molecule has 0 bridgehead atoms. The third-order valence-corrected chi connectivity index (χ3v) is 15.7. The molecule has 74 heavy (non-hydrogen) atoms. The highest BCUT2D eigenvalue weighted by molar-refractivity contribution is 5.76. The van der Waals surface area contributed by atoms with E-state index in [2.05, 4.69) is 43.5 Å². The van der Waals surface area contributed by atoms with Gasteiger partial charge in [-0.25, -0.2) is 0 Å². The van der Waals surface area contributed by atoms with E-state index in [-0.39, 0.29) is 18.5 Å². The summed E-state index contributed by atoms with van der Waals surface area (Å²) in [5, 5.41) is 23.4. The van der Waals surface area contributed by atoms with Crippen LogP contribution in [0.25, 0.3) is 0 Å². The Bertz CT molecular complexity index is 1150. The molecule has 438 valence electrons. The van der Waals surface area contributed by atoms with Gasteiger partial charge < -0.3 is 20.3 Å². The zero-order valence-corrected chi connectivity index (χ0v) is 50.1. The van der Waals surface area contributed by atoms with Gasteiger partial charge in [-0.05, 0) is 77.0 Å². The van der Waals surface area contributed by atoms with Crippen molar-refractivity contribution in [1.82, 2.24) is 5.32 Å². The molecule has 0 radical (unpaired) electrons. The van der Waals surface area contributed by atoms with Crippen LogP contribution in [0.4, 0.5) is 0 Å². The van der Waals surface area contributed by atoms with E-state index in [1.807, 2.05) is 0 Å². The maximum absolute atomic E-state index is 12.5. The second-order valence-corrected chi connectivity index (χ2v) is 23.1. The molecule has 1 amide bonds. The topological polar surface area (TPSA) is 95.9 Å². The molecular formula is C68H131NO5. The van der Waals surface area contributed by atoms with Gasteiger partial charge in [0, 0.05) is 12.8 Å². The molecule has 0 rings (SSSR count). The lowest BCUT2D eigenvalue weighted by atomic mass is 10.0. The first-order valence-corrected chi connectivity index (χ1v) is 33.6.